The van der Waals surface area contributed by atoms with E-state index in [2.05, 4.69) is 5.32 Å². The number of unbranched alkanes of at least 4 members (excludes halogenated alkanes) is 1. The number of carbonyl (C=O) groups excluding carboxylic acids is 2. The van der Waals surface area contributed by atoms with Crippen molar-refractivity contribution in [2.45, 2.75) is 49.8 Å². The molecule has 4 aromatic rings. The molecule has 0 fully saturated rings. The van der Waals surface area contributed by atoms with E-state index < -0.39 is 46.2 Å². The van der Waals surface area contributed by atoms with Crippen LogP contribution in [-0.2, 0) is 38.8 Å². The molecule has 0 aromatic heterocycles. The number of rotatable bonds is 14. The molecule has 1 atom stereocenters. The molecule has 48 heavy (non-hydrogen) atoms. The molecule has 7 nitrogen and oxygen atoms in total. The fraction of sp³-hybridized carbons (Fsp3) is 0.257. The lowest BCUT2D eigenvalue weighted by molar-refractivity contribution is -0.140. The molecule has 0 bridgehead atoms. The Hall–Kier alpha value is -4.06. The molecule has 0 aliphatic carbocycles. The van der Waals surface area contributed by atoms with Crippen LogP contribution in [-0.4, -0.2) is 44.3 Å². The molecule has 0 saturated carbocycles. The first-order valence-electron chi connectivity index (χ1n) is 15.1. The molecule has 0 unspecified atom stereocenters. The van der Waals surface area contributed by atoms with Gasteiger partial charge >= 0.3 is 6.18 Å². The number of benzene rings is 4. The highest BCUT2D eigenvalue weighted by Gasteiger charge is 2.36. The first-order chi connectivity index (χ1) is 22.8. The van der Waals surface area contributed by atoms with Crippen LogP contribution in [0.1, 0.15) is 36.5 Å². The Morgan fingerprint density at radius 2 is 1.54 bits per heavy atom. The number of hydrogen-bond acceptors (Lipinski definition) is 4. The van der Waals surface area contributed by atoms with Crippen molar-refractivity contribution in [3.8, 4) is 0 Å². The van der Waals surface area contributed by atoms with Gasteiger partial charge in [0.1, 0.15) is 12.6 Å². The zero-order valence-corrected chi connectivity index (χ0v) is 28.3. The number of sulfonamides is 1. The van der Waals surface area contributed by atoms with Crippen LogP contribution in [0.3, 0.4) is 0 Å². The van der Waals surface area contributed by atoms with Gasteiger partial charge in [0, 0.05) is 29.6 Å². The number of nitrogens with one attached hydrogen (secondary N) is 1. The third kappa shape index (κ3) is 9.52. The van der Waals surface area contributed by atoms with E-state index in [1.54, 1.807) is 48.5 Å². The zero-order chi connectivity index (χ0) is 34.9. The summed E-state index contributed by atoms with van der Waals surface area (Å²) in [4.78, 5) is 29.3. The van der Waals surface area contributed by atoms with Crippen molar-refractivity contribution in [3.05, 3.63) is 130 Å². The van der Waals surface area contributed by atoms with Crippen LogP contribution in [0, 0.1) is 0 Å². The first kappa shape index (κ1) is 36.8. The summed E-state index contributed by atoms with van der Waals surface area (Å²) in [5, 5.41) is 3.41. The van der Waals surface area contributed by atoms with Crippen molar-refractivity contribution in [2.75, 3.05) is 17.4 Å². The van der Waals surface area contributed by atoms with E-state index in [0.717, 1.165) is 24.1 Å². The van der Waals surface area contributed by atoms with Gasteiger partial charge in [-0.2, -0.15) is 13.2 Å². The van der Waals surface area contributed by atoms with E-state index in [1.165, 1.54) is 41.3 Å². The lowest BCUT2D eigenvalue weighted by Crippen LogP contribution is -2.53. The predicted molar refractivity (Wildman–Crippen MR) is 181 cm³/mol. The van der Waals surface area contributed by atoms with E-state index in [9.17, 15) is 31.2 Å². The molecule has 2 amide bonds. The smallest absolute Gasteiger partial charge is 0.354 e. The average molecular weight is 721 g/mol. The van der Waals surface area contributed by atoms with E-state index >= 15 is 0 Å². The predicted octanol–water partition coefficient (Wildman–Crippen LogP) is 7.76. The van der Waals surface area contributed by atoms with Crippen LogP contribution in [0.15, 0.2) is 108 Å². The maximum atomic E-state index is 14.5. The van der Waals surface area contributed by atoms with Crippen LogP contribution in [0.4, 0.5) is 18.9 Å². The topological polar surface area (TPSA) is 86.8 Å². The number of alkyl halides is 3. The second-order valence-corrected chi connectivity index (χ2v) is 13.7. The Morgan fingerprint density at radius 1 is 0.875 bits per heavy atom. The monoisotopic (exact) mass is 719 g/mol. The van der Waals surface area contributed by atoms with Crippen molar-refractivity contribution in [1.82, 2.24) is 10.2 Å². The van der Waals surface area contributed by atoms with Gasteiger partial charge in [-0.05, 0) is 60.0 Å². The van der Waals surface area contributed by atoms with Crippen LogP contribution in [0.25, 0.3) is 0 Å². The summed E-state index contributed by atoms with van der Waals surface area (Å²) in [5.41, 5.74) is -0.327. The summed E-state index contributed by atoms with van der Waals surface area (Å²) in [6.07, 6.45) is -3.24. The van der Waals surface area contributed by atoms with Crippen molar-refractivity contribution in [2.24, 2.45) is 0 Å². The van der Waals surface area contributed by atoms with Crippen molar-refractivity contribution in [3.63, 3.8) is 0 Å². The molecular formula is C35H34Cl2F3N3O4S. The molecule has 0 aliphatic rings. The molecular weight excluding hydrogens is 686 g/mol. The van der Waals surface area contributed by atoms with Crippen LogP contribution >= 0.6 is 23.2 Å². The van der Waals surface area contributed by atoms with Gasteiger partial charge in [-0.25, -0.2) is 8.42 Å². The maximum absolute atomic E-state index is 14.5. The highest BCUT2D eigenvalue weighted by molar-refractivity contribution is 7.92. The number of amides is 2. The zero-order valence-electron chi connectivity index (χ0n) is 26.0. The number of anilines is 1. The molecule has 4 rings (SSSR count). The van der Waals surface area contributed by atoms with Crippen molar-refractivity contribution in [1.29, 1.82) is 0 Å². The quantitative estimate of drug-likeness (QED) is 0.135. The first-order valence-corrected chi connectivity index (χ1v) is 17.3. The Bertz CT molecular complexity index is 1810. The number of halogens is 5. The third-order valence-corrected chi connectivity index (χ3v) is 9.90. The minimum absolute atomic E-state index is 0.0603. The lowest BCUT2D eigenvalue weighted by atomic mass is 10.0. The highest BCUT2D eigenvalue weighted by atomic mass is 35.5. The van der Waals surface area contributed by atoms with Crippen LogP contribution < -0.4 is 9.62 Å². The van der Waals surface area contributed by atoms with Crippen molar-refractivity contribution < 1.29 is 31.2 Å². The lowest BCUT2D eigenvalue weighted by Gasteiger charge is -2.34. The SMILES string of the molecule is CCCCNC(=O)[C@H](Cc1ccccc1)N(Cc1ccc(Cl)cc1Cl)C(=O)CN(c1cccc(C(F)(F)F)c1)S(=O)(=O)c1ccccc1. The Kier molecular flexibility index (Phi) is 12.5. The molecule has 0 radical (unpaired) electrons. The average Bonchev–Trinajstić information content (AvgIpc) is 3.06. The van der Waals surface area contributed by atoms with Gasteiger partial charge in [0.2, 0.25) is 11.8 Å². The van der Waals surface area contributed by atoms with Crippen LogP contribution in [0.5, 0.6) is 0 Å². The number of nitrogens with zero attached hydrogens (tertiary/aromatic N) is 2. The van der Waals surface area contributed by atoms with Gasteiger partial charge in [-0.15, -0.1) is 0 Å². The summed E-state index contributed by atoms with van der Waals surface area (Å²) in [7, 11) is -4.58. The molecule has 0 heterocycles. The Balaban J connectivity index is 1.84. The van der Waals surface area contributed by atoms with E-state index in [0.29, 0.717) is 33.9 Å². The normalized spacial score (nSPS) is 12.3. The van der Waals surface area contributed by atoms with Gasteiger partial charge in [-0.1, -0.05) is 97.2 Å². The minimum atomic E-state index is -4.78. The Labute approximate surface area is 288 Å². The second kappa shape index (κ2) is 16.4. The summed E-state index contributed by atoms with van der Waals surface area (Å²) >= 11 is 12.6. The van der Waals surface area contributed by atoms with Gasteiger partial charge in [0.05, 0.1) is 16.1 Å². The molecule has 13 heteroatoms. The second-order valence-electron chi connectivity index (χ2n) is 11.0. The number of hydrogen-bond donors (Lipinski definition) is 1. The molecule has 254 valence electrons. The van der Waals surface area contributed by atoms with Gasteiger partial charge in [0.25, 0.3) is 10.0 Å². The number of carbonyl (C=O) groups is 2. The minimum Gasteiger partial charge on any atom is -0.354 e. The Morgan fingerprint density at radius 3 is 2.17 bits per heavy atom. The summed E-state index contributed by atoms with van der Waals surface area (Å²) in [5.74, 6) is -1.33. The summed E-state index contributed by atoms with van der Waals surface area (Å²) < 4.78 is 70.0. The molecule has 0 spiro atoms. The highest BCUT2D eigenvalue weighted by Crippen LogP contribution is 2.34. The van der Waals surface area contributed by atoms with E-state index in [-0.39, 0.29) is 28.6 Å². The molecule has 0 aliphatic heterocycles. The van der Waals surface area contributed by atoms with Gasteiger partial charge in [0.15, 0.2) is 0 Å². The van der Waals surface area contributed by atoms with E-state index in [1.807, 2.05) is 6.92 Å². The van der Waals surface area contributed by atoms with E-state index in [4.69, 9.17) is 23.2 Å². The fourth-order valence-electron chi connectivity index (χ4n) is 4.98. The molecule has 4 aromatic carbocycles. The molecule has 0 saturated heterocycles. The van der Waals surface area contributed by atoms with Crippen molar-refractivity contribution >= 4 is 50.7 Å². The standard InChI is InChI=1S/C35H34Cl2F3N3O4S/c1-2-3-19-41-34(45)32(20-25-11-6-4-7-12-25)42(23-26-17-18-28(36)22-31(26)37)33(44)24-43(48(46,47)30-15-8-5-9-16-30)29-14-10-13-27(21-29)35(38,39)40/h4-18,21-22,32H,2-3,19-20,23-24H2,1H3,(H,41,45)/t32-/m0/s1. The summed E-state index contributed by atoms with van der Waals surface area (Å²) in [6, 6.07) is 23.2. The fourth-order valence-corrected chi connectivity index (χ4v) is 6.87. The van der Waals surface area contributed by atoms with Crippen LogP contribution in [0.2, 0.25) is 10.0 Å². The van der Waals surface area contributed by atoms with Gasteiger partial charge in [-0.3, -0.25) is 13.9 Å². The van der Waals surface area contributed by atoms with Gasteiger partial charge < -0.3 is 10.2 Å². The third-order valence-electron chi connectivity index (χ3n) is 7.53. The largest absolute Gasteiger partial charge is 0.416 e. The summed E-state index contributed by atoms with van der Waals surface area (Å²) in [6.45, 7) is 1.15. The maximum Gasteiger partial charge on any atom is 0.416 e. The molecule has 1 N–H and O–H groups in total.